The number of anilines is 3. The zero-order valence-corrected chi connectivity index (χ0v) is 32.2. The molecular formula is C59H37NO. The standard InChI is InChI=1S/C59H37NO/c1-3-16-38(17-4-1)39-30-32-41(33-31-39)60(55-28-15-29-56-57(55)50-37-48(40-18-5-2-6-19-40)43-20-7-8-24-47(43)58(50)61-56)42-34-35-54-49(36-42)46-23-11-14-27-53(46)59(54)51-25-12-9-21-44(51)45-22-10-13-26-52(45)59/h1-37H/i2D,5D,6D,7D,8D,15D,18D,19D,20D,24D,28D,29D,37D. The number of fused-ring (bicyclic) bond motifs is 15. The predicted octanol–water partition coefficient (Wildman–Crippen LogP) is 15.9. The van der Waals surface area contributed by atoms with E-state index in [4.69, 9.17) is 14.0 Å². The Morgan fingerprint density at radius 1 is 0.410 bits per heavy atom. The topological polar surface area (TPSA) is 16.4 Å². The van der Waals surface area contributed by atoms with Gasteiger partial charge in [0, 0.05) is 22.1 Å². The second kappa shape index (κ2) is 13.0. The van der Waals surface area contributed by atoms with Gasteiger partial charge in [0.2, 0.25) is 0 Å². The average Bonchev–Trinajstić information content (AvgIpc) is 4.07. The first-order chi connectivity index (χ1) is 35.7. The maximum absolute atomic E-state index is 10.2. The molecule has 0 amide bonds. The van der Waals surface area contributed by atoms with Crippen LogP contribution in [0.3, 0.4) is 0 Å². The smallest absolute Gasteiger partial charge is 0.143 e. The Kier molecular flexibility index (Phi) is 5.04. The van der Waals surface area contributed by atoms with Crippen LogP contribution in [0.2, 0.25) is 0 Å². The van der Waals surface area contributed by atoms with Gasteiger partial charge in [0.1, 0.15) is 11.2 Å². The second-order valence-corrected chi connectivity index (χ2v) is 15.3. The molecule has 0 N–H and O–H groups in total. The normalized spacial score (nSPS) is 16.0. The molecule has 2 heteroatoms. The third-order valence-electron chi connectivity index (χ3n) is 12.4. The summed E-state index contributed by atoms with van der Waals surface area (Å²) in [5.74, 6) is 0. The highest BCUT2D eigenvalue weighted by molar-refractivity contribution is 6.22. The Morgan fingerprint density at radius 3 is 1.69 bits per heavy atom. The van der Waals surface area contributed by atoms with Crippen molar-refractivity contribution in [2.24, 2.45) is 0 Å². The zero-order valence-electron chi connectivity index (χ0n) is 45.2. The molecule has 2 aliphatic rings. The Balaban J connectivity index is 1.17. The Morgan fingerprint density at radius 2 is 0.984 bits per heavy atom. The molecule has 2 nitrogen and oxygen atoms in total. The van der Waals surface area contributed by atoms with Gasteiger partial charge >= 0.3 is 0 Å². The van der Waals surface area contributed by atoms with Crippen LogP contribution in [0.1, 0.15) is 40.1 Å². The van der Waals surface area contributed by atoms with Crippen LogP contribution >= 0.6 is 0 Å². The first-order valence-corrected chi connectivity index (χ1v) is 20.0. The fourth-order valence-corrected chi connectivity index (χ4v) is 9.91. The molecule has 1 heterocycles. The molecule has 0 bridgehead atoms. The average molecular weight is 789 g/mol. The second-order valence-electron chi connectivity index (χ2n) is 15.3. The minimum absolute atomic E-state index is 0.00501. The van der Waals surface area contributed by atoms with E-state index in [1.165, 1.54) is 0 Å². The molecule has 284 valence electrons. The monoisotopic (exact) mass is 788 g/mol. The van der Waals surface area contributed by atoms with Gasteiger partial charge in [0.25, 0.3) is 0 Å². The van der Waals surface area contributed by atoms with Gasteiger partial charge in [-0.3, -0.25) is 0 Å². The summed E-state index contributed by atoms with van der Waals surface area (Å²) < 4.78 is 125. The van der Waals surface area contributed by atoms with E-state index in [0.717, 1.165) is 55.6 Å². The molecule has 11 aromatic rings. The van der Waals surface area contributed by atoms with Gasteiger partial charge in [0.05, 0.1) is 34.3 Å². The lowest BCUT2D eigenvalue weighted by Crippen LogP contribution is -2.25. The highest BCUT2D eigenvalue weighted by atomic mass is 16.3. The lowest BCUT2D eigenvalue weighted by Gasteiger charge is -2.31. The van der Waals surface area contributed by atoms with Crippen molar-refractivity contribution < 1.29 is 22.2 Å². The molecule has 1 spiro atoms. The van der Waals surface area contributed by atoms with Crippen molar-refractivity contribution in [3.63, 3.8) is 0 Å². The molecule has 61 heavy (non-hydrogen) atoms. The third-order valence-corrected chi connectivity index (χ3v) is 12.4. The van der Waals surface area contributed by atoms with Crippen molar-refractivity contribution in [2.75, 3.05) is 4.90 Å². The number of nitrogens with zero attached hydrogens (tertiary/aromatic N) is 1. The number of hydrogen-bond donors (Lipinski definition) is 0. The van der Waals surface area contributed by atoms with Crippen LogP contribution < -0.4 is 4.90 Å². The highest BCUT2D eigenvalue weighted by Gasteiger charge is 2.51. The number of benzene rings is 10. The summed E-state index contributed by atoms with van der Waals surface area (Å²) >= 11 is 0. The van der Waals surface area contributed by atoms with Gasteiger partial charge in [-0.2, -0.15) is 0 Å². The summed E-state index contributed by atoms with van der Waals surface area (Å²) in [5, 5.41) is -0.765. The van der Waals surface area contributed by atoms with Gasteiger partial charge in [-0.05, 0) is 115 Å². The molecule has 0 atom stereocenters. The lowest BCUT2D eigenvalue weighted by molar-refractivity contribution is 0.672. The molecular weight excluding hydrogens is 739 g/mol. The fourth-order valence-electron chi connectivity index (χ4n) is 9.91. The van der Waals surface area contributed by atoms with E-state index in [0.29, 0.717) is 11.4 Å². The number of furan rings is 1. The first-order valence-electron chi connectivity index (χ1n) is 26.5. The van der Waals surface area contributed by atoms with Crippen molar-refractivity contribution in [2.45, 2.75) is 5.41 Å². The van der Waals surface area contributed by atoms with E-state index < -0.39 is 89.5 Å². The molecule has 0 unspecified atom stereocenters. The largest absolute Gasteiger partial charge is 0.455 e. The van der Waals surface area contributed by atoms with Crippen LogP contribution in [0.4, 0.5) is 17.1 Å². The molecule has 0 fully saturated rings. The zero-order chi connectivity index (χ0) is 51.4. The van der Waals surface area contributed by atoms with Gasteiger partial charge in [-0.15, -0.1) is 0 Å². The van der Waals surface area contributed by atoms with Gasteiger partial charge in [-0.1, -0.05) is 182 Å². The van der Waals surface area contributed by atoms with E-state index >= 15 is 0 Å². The minimum Gasteiger partial charge on any atom is -0.455 e. The van der Waals surface area contributed by atoms with E-state index in [1.54, 1.807) is 4.90 Å². The summed E-state index contributed by atoms with van der Waals surface area (Å²) in [5.41, 5.74) is 9.41. The Labute approximate surface area is 372 Å². The van der Waals surface area contributed by atoms with Gasteiger partial charge < -0.3 is 9.32 Å². The molecule has 2 aliphatic carbocycles. The summed E-state index contributed by atoms with van der Waals surface area (Å²) in [4.78, 5) is 1.78. The van der Waals surface area contributed by atoms with Crippen LogP contribution in [0.15, 0.2) is 229 Å². The van der Waals surface area contributed by atoms with Gasteiger partial charge in [-0.25, -0.2) is 0 Å². The fraction of sp³-hybridized carbons (Fsp3) is 0.0169. The molecule has 13 rings (SSSR count). The molecule has 1 aromatic heterocycles. The van der Waals surface area contributed by atoms with Crippen molar-refractivity contribution >= 4 is 49.8 Å². The van der Waals surface area contributed by atoms with Crippen molar-refractivity contribution in [1.82, 2.24) is 0 Å². The van der Waals surface area contributed by atoms with Gasteiger partial charge in [0.15, 0.2) is 0 Å². The maximum Gasteiger partial charge on any atom is 0.143 e. The van der Waals surface area contributed by atoms with Crippen molar-refractivity contribution in [3.05, 3.63) is 246 Å². The molecule has 10 aromatic carbocycles. The molecule has 0 saturated heterocycles. The van der Waals surface area contributed by atoms with Crippen LogP contribution in [0, 0.1) is 0 Å². The van der Waals surface area contributed by atoms with E-state index in [9.17, 15) is 8.22 Å². The summed E-state index contributed by atoms with van der Waals surface area (Å²) in [7, 11) is 0. The van der Waals surface area contributed by atoms with Crippen LogP contribution in [0.25, 0.3) is 77.2 Å². The molecule has 0 aliphatic heterocycles. The predicted molar refractivity (Wildman–Crippen MR) is 253 cm³/mol. The lowest BCUT2D eigenvalue weighted by atomic mass is 9.70. The quantitative estimate of drug-likeness (QED) is 0.173. The molecule has 0 radical (unpaired) electrons. The summed E-state index contributed by atoms with van der Waals surface area (Å²) in [6.07, 6.45) is 0. The van der Waals surface area contributed by atoms with Crippen molar-refractivity contribution in [1.29, 1.82) is 0 Å². The van der Waals surface area contributed by atoms with E-state index in [1.807, 2.05) is 72.8 Å². The maximum atomic E-state index is 10.2. The highest BCUT2D eigenvalue weighted by Crippen LogP contribution is 2.63. The Hall–Kier alpha value is -7.94. The van der Waals surface area contributed by atoms with E-state index in [-0.39, 0.29) is 44.0 Å². The van der Waals surface area contributed by atoms with Crippen LogP contribution in [-0.4, -0.2) is 0 Å². The SMILES string of the molecule is [2H]c1c([2H])c([2H])c(-c2c([2H])c3c(oc4c([2H])c([2H])c([2H])c(N(c5ccc(-c6ccccc6)cc5)c5ccc6c(c5)-c5ccccc5C65c6ccccc6-c6ccccc65)c43)c3c([2H])c([2H])c([2H])c([2H])c23)c([2H])c1[2H]. The third kappa shape index (κ3) is 4.79. The summed E-state index contributed by atoms with van der Waals surface area (Å²) in [6, 6.07) is 40.6. The van der Waals surface area contributed by atoms with E-state index in [2.05, 4.69) is 72.8 Å². The van der Waals surface area contributed by atoms with Crippen LogP contribution in [0.5, 0.6) is 0 Å². The van der Waals surface area contributed by atoms with Crippen LogP contribution in [-0.2, 0) is 5.41 Å². The number of hydrogen-bond acceptors (Lipinski definition) is 2. The summed E-state index contributed by atoms with van der Waals surface area (Å²) in [6.45, 7) is 0. The Bertz CT molecular complexity index is 4230. The van der Waals surface area contributed by atoms with Crippen molar-refractivity contribution in [3.8, 4) is 44.5 Å². The minimum atomic E-state index is -0.720. The number of rotatable bonds is 5. The first kappa shape index (κ1) is 23.6. The molecule has 0 saturated carbocycles.